The van der Waals surface area contributed by atoms with Crippen molar-refractivity contribution in [3.8, 4) is 17.0 Å². The molecule has 0 aliphatic heterocycles. The fraction of sp³-hybridized carbons (Fsp3) is 0.500. The SMILES string of the molecule is CC(C)(C)c1cc(-c2csc(CNCC(N)=O)n2)cc(C(C)(C)C)c1O. The van der Waals surface area contributed by atoms with Crippen LogP contribution in [-0.2, 0) is 22.2 Å². The maximum absolute atomic E-state index is 10.8. The Bertz CT molecular complexity index is 763. The number of aromatic hydroxyl groups is 1. The van der Waals surface area contributed by atoms with Crippen LogP contribution in [0.25, 0.3) is 11.3 Å². The molecule has 5 nitrogen and oxygen atoms in total. The zero-order valence-electron chi connectivity index (χ0n) is 16.4. The Hall–Kier alpha value is -1.92. The van der Waals surface area contributed by atoms with Crippen LogP contribution >= 0.6 is 11.3 Å². The fourth-order valence-electron chi connectivity index (χ4n) is 2.74. The van der Waals surface area contributed by atoms with Crippen molar-refractivity contribution in [3.63, 3.8) is 0 Å². The first-order valence-corrected chi connectivity index (χ1v) is 9.59. The van der Waals surface area contributed by atoms with Crippen LogP contribution in [0.5, 0.6) is 5.75 Å². The molecule has 0 bridgehead atoms. The molecular formula is C20H29N3O2S. The number of primary amides is 1. The first-order valence-electron chi connectivity index (χ1n) is 8.71. The standard InChI is InChI=1S/C20H29N3O2S/c1-19(2,3)13-7-12(8-14(18(13)25)20(4,5)6)15-11-26-17(23-15)10-22-9-16(21)24/h7-8,11,22,25H,9-10H2,1-6H3,(H2,21,24). The number of nitrogens with one attached hydrogen (secondary N) is 1. The van der Waals surface area contributed by atoms with Gasteiger partial charge in [0.1, 0.15) is 10.8 Å². The average Bonchev–Trinajstić information content (AvgIpc) is 2.93. The van der Waals surface area contributed by atoms with Gasteiger partial charge in [0.15, 0.2) is 0 Å². The number of carbonyl (C=O) groups is 1. The van der Waals surface area contributed by atoms with Crippen LogP contribution in [0.4, 0.5) is 0 Å². The highest BCUT2D eigenvalue weighted by atomic mass is 32.1. The summed E-state index contributed by atoms with van der Waals surface area (Å²) in [4.78, 5) is 15.5. The smallest absolute Gasteiger partial charge is 0.231 e. The molecular weight excluding hydrogens is 346 g/mol. The molecule has 0 atom stereocenters. The summed E-state index contributed by atoms with van der Waals surface area (Å²) in [6, 6.07) is 4.06. The highest BCUT2D eigenvalue weighted by Gasteiger charge is 2.27. The maximum atomic E-state index is 10.8. The molecule has 0 spiro atoms. The number of thiazole rings is 1. The van der Waals surface area contributed by atoms with Gasteiger partial charge in [0, 0.05) is 28.6 Å². The number of rotatable bonds is 5. The van der Waals surface area contributed by atoms with Crippen molar-refractivity contribution in [2.75, 3.05) is 6.54 Å². The second-order valence-corrected chi connectivity index (χ2v) is 9.56. The zero-order valence-corrected chi connectivity index (χ0v) is 17.3. The molecule has 6 heteroatoms. The lowest BCUT2D eigenvalue weighted by molar-refractivity contribution is -0.117. The quantitative estimate of drug-likeness (QED) is 0.744. The lowest BCUT2D eigenvalue weighted by Gasteiger charge is -2.28. The lowest BCUT2D eigenvalue weighted by atomic mass is 9.78. The molecule has 1 aromatic carbocycles. The van der Waals surface area contributed by atoms with Crippen molar-refractivity contribution in [1.82, 2.24) is 10.3 Å². The summed E-state index contributed by atoms with van der Waals surface area (Å²) in [7, 11) is 0. The van der Waals surface area contributed by atoms with Crippen molar-refractivity contribution < 1.29 is 9.90 Å². The van der Waals surface area contributed by atoms with E-state index in [1.54, 1.807) is 0 Å². The van der Waals surface area contributed by atoms with Gasteiger partial charge in [0.05, 0.1) is 12.2 Å². The van der Waals surface area contributed by atoms with Gasteiger partial charge in [-0.3, -0.25) is 4.79 Å². The molecule has 0 aliphatic rings. The van der Waals surface area contributed by atoms with E-state index in [1.807, 2.05) is 17.5 Å². The van der Waals surface area contributed by atoms with Gasteiger partial charge in [0.25, 0.3) is 0 Å². The molecule has 0 radical (unpaired) electrons. The van der Waals surface area contributed by atoms with Crippen LogP contribution in [-0.4, -0.2) is 22.5 Å². The Labute approximate surface area is 159 Å². The molecule has 142 valence electrons. The summed E-state index contributed by atoms with van der Waals surface area (Å²) in [6.07, 6.45) is 0. The summed E-state index contributed by atoms with van der Waals surface area (Å²) in [5.41, 5.74) is 8.49. The number of phenolic OH excluding ortho intramolecular Hbond substituents is 1. The molecule has 0 unspecified atom stereocenters. The molecule has 1 heterocycles. The summed E-state index contributed by atoms with van der Waals surface area (Å²) in [5, 5.41) is 16.7. The van der Waals surface area contributed by atoms with Gasteiger partial charge in [-0.2, -0.15) is 0 Å². The van der Waals surface area contributed by atoms with Crippen molar-refractivity contribution in [2.24, 2.45) is 5.73 Å². The lowest BCUT2D eigenvalue weighted by Crippen LogP contribution is -2.28. The van der Waals surface area contributed by atoms with E-state index in [0.717, 1.165) is 27.4 Å². The third-order valence-corrected chi connectivity index (χ3v) is 5.00. The van der Waals surface area contributed by atoms with E-state index >= 15 is 0 Å². The van der Waals surface area contributed by atoms with Crippen LogP contribution in [0.1, 0.15) is 57.7 Å². The highest BCUT2D eigenvalue weighted by molar-refractivity contribution is 7.09. The minimum absolute atomic E-state index is 0.135. The van der Waals surface area contributed by atoms with E-state index < -0.39 is 0 Å². The fourth-order valence-corrected chi connectivity index (χ4v) is 3.52. The predicted molar refractivity (Wildman–Crippen MR) is 108 cm³/mol. The van der Waals surface area contributed by atoms with Crippen LogP contribution < -0.4 is 11.1 Å². The molecule has 2 aromatic rings. The Kier molecular flexibility index (Phi) is 5.78. The minimum atomic E-state index is -0.384. The Morgan fingerprint density at radius 1 is 1.15 bits per heavy atom. The van der Waals surface area contributed by atoms with E-state index in [0.29, 0.717) is 12.3 Å². The first kappa shape index (κ1) is 20.4. The number of phenols is 1. The predicted octanol–water partition coefficient (Wildman–Crippen LogP) is 3.69. The van der Waals surface area contributed by atoms with Gasteiger partial charge in [-0.05, 0) is 23.0 Å². The average molecular weight is 376 g/mol. The number of amides is 1. The summed E-state index contributed by atoms with van der Waals surface area (Å²) in [6.45, 7) is 13.2. The van der Waals surface area contributed by atoms with Gasteiger partial charge in [-0.15, -0.1) is 11.3 Å². The van der Waals surface area contributed by atoms with E-state index in [2.05, 4.69) is 51.8 Å². The van der Waals surface area contributed by atoms with Crippen LogP contribution in [0, 0.1) is 0 Å². The molecule has 26 heavy (non-hydrogen) atoms. The Morgan fingerprint density at radius 2 is 1.69 bits per heavy atom. The van der Waals surface area contributed by atoms with Gasteiger partial charge in [0.2, 0.25) is 5.91 Å². The van der Waals surface area contributed by atoms with E-state index in [-0.39, 0.29) is 23.3 Å². The molecule has 4 N–H and O–H groups in total. The van der Waals surface area contributed by atoms with Gasteiger partial charge in [-0.25, -0.2) is 4.98 Å². The molecule has 0 saturated heterocycles. The normalized spacial score (nSPS) is 12.4. The van der Waals surface area contributed by atoms with Crippen LogP contribution in [0.3, 0.4) is 0 Å². The van der Waals surface area contributed by atoms with Crippen LogP contribution in [0.15, 0.2) is 17.5 Å². The molecule has 1 aromatic heterocycles. The second kappa shape index (κ2) is 7.37. The third kappa shape index (κ3) is 4.83. The third-order valence-electron chi connectivity index (χ3n) is 4.15. The zero-order chi connectivity index (χ0) is 19.7. The van der Waals surface area contributed by atoms with Crippen molar-refractivity contribution in [2.45, 2.75) is 58.9 Å². The second-order valence-electron chi connectivity index (χ2n) is 8.62. The largest absolute Gasteiger partial charge is 0.507 e. The molecule has 1 amide bonds. The molecule has 0 aliphatic carbocycles. The van der Waals surface area contributed by atoms with E-state index in [1.165, 1.54) is 11.3 Å². The van der Waals surface area contributed by atoms with Crippen molar-refractivity contribution in [3.05, 3.63) is 33.6 Å². The number of nitrogens with two attached hydrogens (primary N) is 1. The highest BCUT2D eigenvalue weighted by Crippen LogP contribution is 2.42. The number of aromatic nitrogens is 1. The van der Waals surface area contributed by atoms with Gasteiger partial charge in [-0.1, -0.05) is 41.5 Å². The van der Waals surface area contributed by atoms with Crippen molar-refractivity contribution >= 4 is 17.2 Å². The summed E-state index contributed by atoms with van der Waals surface area (Å²) in [5.74, 6) is -0.0164. The number of hydrogen-bond acceptors (Lipinski definition) is 5. The summed E-state index contributed by atoms with van der Waals surface area (Å²) < 4.78 is 0. The first-order chi connectivity index (χ1) is 11.9. The number of hydrogen-bond donors (Lipinski definition) is 3. The molecule has 2 rings (SSSR count). The van der Waals surface area contributed by atoms with E-state index in [4.69, 9.17) is 5.73 Å². The molecule has 0 fully saturated rings. The number of benzene rings is 1. The number of carbonyl (C=O) groups excluding carboxylic acids is 1. The molecule has 0 saturated carbocycles. The maximum Gasteiger partial charge on any atom is 0.231 e. The summed E-state index contributed by atoms with van der Waals surface area (Å²) >= 11 is 1.54. The monoisotopic (exact) mass is 375 g/mol. The van der Waals surface area contributed by atoms with Gasteiger partial charge < -0.3 is 16.2 Å². The Morgan fingerprint density at radius 3 is 2.15 bits per heavy atom. The Balaban J connectivity index is 2.43. The minimum Gasteiger partial charge on any atom is -0.507 e. The number of nitrogens with zero attached hydrogens (tertiary/aromatic N) is 1. The topological polar surface area (TPSA) is 88.2 Å². The van der Waals surface area contributed by atoms with Crippen molar-refractivity contribution in [1.29, 1.82) is 0 Å². The van der Waals surface area contributed by atoms with E-state index in [9.17, 15) is 9.90 Å². The van der Waals surface area contributed by atoms with Crippen LogP contribution in [0.2, 0.25) is 0 Å². The van der Waals surface area contributed by atoms with Gasteiger partial charge >= 0.3 is 0 Å².